The third-order valence-corrected chi connectivity index (χ3v) is 6.75. The Kier molecular flexibility index (Phi) is 7.02. The van der Waals surface area contributed by atoms with Crippen LogP contribution >= 0.6 is 11.8 Å². The Balaban J connectivity index is 1.57. The van der Waals surface area contributed by atoms with Gasteiger partial charge in [0.05, 0.1) is 11.9 Å². The number of ether oxygens (including phenoxy) is 1. The van der Waals surface area contributed by atoms with Gasteiger partial charge in [-0.05, 0) is 68.7 Å². The van der Waals surface area contributed by atoms with Crippen LogP contribution in [0.4, 0.5) is 5.69 Å². The number of carbonyl (C=O) groups is 1. The Morgan fingerprint density at radius 2 is 1.85 bits per heavy atom. The molecule has 0 saturated heterocycles. The van der Waals surface area contributed by atoms with Crippen molar-refractivity contribution in [1.29, 1.82) is 0 Å². The first-order valence-corrected chi connectivity index (χ1v) is 12.0. The molecule has 1 unspecified atom stereocenters. The molecule has 4 rings (SSSR count). The van der Waals surface area contributed by atoms with Gasteiger partial charge in [-0.1, -0.05) is 30.8 Å². The quantitative estimate of drug-likeness (QED) is 0.378. The number of aromatic nitrogens is 4. The molecule has 2 aromatic heterocycles. The molecule has 1 amide bonds. The molecule has 0 radical (unpaired) electrons. The standard InChI is InChI=1S/C25H27N5O3S/c1-5-21(23(31)26-20-15-16(3)7-8-17(20)4)34-25-28-27-22-24(32)29(13-14-30(22)25)18-9-11-19(12-10-18)33-6-2/h7-15,21H,5-6H2,1-4H3,(H,26,31). The van der Waals surface area contributed by atoms with Gasteiger partial charge in [0, 0.05) is 23.8 Å². The highest BCUT2D eigenvalue weighted by molar-refractivity contribution is 8.00. The second kappa shape index (κ2) is 10.1. The van der Waals surface area contributed by atoms with Gasteiger partial charge >= 0.3 is 5.56 Å². The van der Waals surface area contributed by atoms with Crippen molar-refractivity contribution in [1.82, 2.24) is 19.2 Å². The minimum absolute atomic E-state index is 0.110. The maximum Gasteiger partial charge on any atom is 0.300 e. The van der Waals surface area contributed by atoms with Crippen LogP contribution in [0.25, 0.3) is 11.3 Å². The van der Waals surface area contributed by atoms with Crippen molar-refractivity contribution in [3.8, 4) is 11.4 Å². The number of rotatable bonds is 8. The second-order valence-electron chi connectivity index (χ2n) is 7.90. The van der Waals surface area contributed by atoms with Crippen molar-refractivity contribution in [2.75, 3.05) is 11.9 Å². The van der Waals surface area contributed by atoms with Gasteiger partial charge < -0.3 is 10.1 Å². The lowest BCUT2D eigenvalue weighted by Gasteiger charge is -2.15. The topological polar surface area (TPSA) is 90.5 Å². The van der Waals surface area contributed by atoms with E-state index in [1.54, 1.807) is 16.8 Å². The van der Waals surface area contributed by atoms with Crippen LogP contribution in [-0.4, -0.2) is 36.9 Å². The fourth-order valence-electron chi connectivity index (χ4n) is 3.55. The molecule has 0 aliphatic heterocycles. The van der Waals surface area contributed by atoms with Gasteiger partial charge in [0.25, 0.3) is 0 Å². The summed E-state index contributed by atoms with van der Waals surface area (Å²) in [5.74, 6) is 0.631. The Morgan fingerprint density at radius 3 is 2.56 bits per heavy atom. The molecular weight excluding hydrogens is 450 g/mol. The Hall–Kier alpha value is -3.59. The smallest absolute Gasteiger partial charge is 0.300 e. The molecule has 0 fully saturated rings. The van der Waals surface area contributed by atoms with Gasteiger partial charge in [-0.25, -0.2) is 0 Å². The van der Waals surface area contributed by atoms with Crippen LogP contribution in [0.1, 0.15) is 31.4 Å². The van der Waals surface area contributed by atoms with Crippen LogP contribution in [0.3, 0.4) is 0 Å². The highest BCUT2D eigenvalue weighted by atomic mass is 32.2. The van der Waals surface area contributed by atoms with Crippen molar-refractivity contribution in [3.05, 3.63) is 76.3 Å². The zero-order chi connectivity index (χ0) is 24.2. The van der Waals surface area contributed by atoms with E-state index in [9.17, 15) is 9.59 Å². The molecule has 0 saturated carbocycles. The number of hydrogen-bond acceptors (Lipinski definition) is 6. The zero-order valence-electron chi connectivity index (χ0n) is 19.6. The molecule has 0 aliphatic rings. The summed E-state index contributed by atoms with van der Waals surface area (Å²) in [6.07, 6.45) is 4.01. The van der Waals surface area contributed by atoms with Crippen molar-refractivity contribution in [2.45, 2.75) is 44.5 Å². The first kappa shape index (κ1) is 23.6. The van der Waals surface area contributed by atoms with E-state index in [4.69, 9.17) is 4.74 Å². The van der Waals surface area contributed by atoms with E-state index in [1.165, 1.54) is 16.3 Å². The van der Waals surface area contributed by atoms with Gasteiger partial charge in [0.15, 0.2) is 5.16 Å². The molecule has 4 aromatic rings. The van der Waals surface area contributed by atoms with Gasteiger partial charge in [0.1, 0.15) is 5.75 Å². The normalized spacial score (nSPS) is 12.0. The second-order valence-corrected chi connectivity index (χ2v) is 9.07. The number of nitrogens with zero attached hydrogens (tertiary/aromatic N) is 4. The number of anilines is 1. The summed E-state index contributed by atoms with van der Waals surface area (Å²) in [6.45, 7) is 8.40. The van der Waals surface area contributed by atoms with E-state index in [1.807, 2.05) is 70.2 Å². The van der Waals surface area contributed by atoms with Crippen molar-refractivity contribution in [2.24, 2.45) is 0 Å². The van der Waals surface area contributed by atoms with Crippen LogP contribution in [0.2, 0.25) is 0 Å². The molecule has 176 valence electrons. The molecule has 0 bridgehead atoms. The lowest BCUT2D eigenvalue weighted by molar-refractivity contribution is -0.115. The molecule has 9 heteroatoms. The van der Waals surface area contributed by atoms with Crippen LogP contribution in [0.5, 0.6) is 5.75 Å². The summed E-state index contributed by atoms with van der Waals surface area (Å²) in [6, 6.07) is 13.2. The van der Waals surface area contributed by atoms with Crippen LogP contribution in [-0.2, 0) is 4.79 Å². The SMILES string of the molecule is CCOc1ccc(-n2ccn3c(SC(CC)C(=O)Nc4cc(C)ccc4C)nnc3c2=O)cc1. The molecule has 1 N–H and O–H groups in total. The lowest BCUT2D eigenvalue weighted by atomic mass is 10.1. The molecule has 34 heavy (non-hydrogen) atoms. The molecule has 1 atom stereocenters. The van der Waals surface area contributed by atoms with E-state index >= 15 is 0 Å². The van der Waals surface area contributed by atoms with Crippen molar-refractivity contribution in [3.63, 3.8) is 0 Å². The lowest BCUT2D eigenvalue weighted by Crippen LogP contribution is -2.25. The predicted octanol–water partition coefficient (Wildman–Crippen LogP) is 4.41. The minimum Gasteiger partial charge on any atom is -0.494 e. The van der Waals surface area contributed by atoms with Crippen LogP contribution in [0.15, 0.2) is 64.8 Å². The number of amides is 1. The molecular formula is C25H27N5O3S. The summed E-state index contributed by atoms with van der Waals surface area (Å²) in [5.41, 5.74) is 3.49. The average Bonchev–Trinajstić information content (AvgIpc) is 3.24. The third-order valence-electron chi connectivity index (χ3n) is 5.43. The van der Waals surface area contributed by atoms with Gasteiger partial charge in [-0.2, -0.15) is 0 Å². The summed E-state index contributed by atoms with van der Waals surface area (Å²) < 4.78 is 8.61. The van der Waals surface area contributed by atoms with E-state index in [0.717, 1.165) is 22.6 Å². The summed E-state index contributed by atoms with van der Waals surface area (Å²) in [7, 11) is 0. The van der Waals surface area contributed by atoms with Crippen molar-refractivity contribution < 1.29 is 9.53 Å². The van der Waals surface area contributed by atoms with E-state index in [-0.39, 0.29) is 22.4 Å². The predicted molar refractivity (Wildman–Crippen MR) is 134 cm³/mol. The molecule has 8 nitrogen and oxygen atoms in total. The number of fused-ring (bicyclic) bond motifs is 1. The summed E-state index contributed by atoms with van der Waals surface area (Å²) in [5, 5.41) is 11.4. The highest BCUT2D eigenvalue weighted by Gasteiger charge is 2.22. The van der Waals surface area contributed by atoms with Crippen LogP contribution in [0, 0.1) is 13.8 Å². The molecule has 2 aromatic carbocycles. The summed E-state index contributed by atoms with van der Waals surface area (Å²) >= 11 is 1.29. The Morgan fingerprint density at radius 1 is 1.09 bits per heavy atom. The summed E-state index contributed by atoms with van der Waals surface area (Å²) in [4.78, 5) is 26.1. The maximum atomic E-state index is 13.1. The van der Waals surface area contributed by atoms with Gasteiger partial charge in [-0.15, -0.1) is 10.2 Å². The Bertz CT molecular complexity index is 1380. The number of aryl methyl sites for hydroxylation is 2. The largest absolute Gasteiger partial charge is 0.494 e. The monoisotopic (exact) mass is 477 g/mol. The Labute approximate surface area is 202 Å². The molecule has 2 heterocycles. The van der Waals surface area contributed by atoms with Gasteiger partial charge in [0.2, 0.25) is 11.6 Å². The highest BCUT2D eigenvalue weighted by Crippen LogP contribution is 2.26. The number of benzene rings is 2. The van der Waals surface area contributed by atoms with Gasteiger partial charge in [-0.3, -0.25) is 18.6 Å². The average molecular weight is 478 g/mol. The maximum absolute atomic E-state index is 13.1. The first-order chi connectivity index (χ1) is 16.4. The number of hydrogen-bond donors (Lipinski definition) is 1. The fraction of sp³-hybridized carbons (Fsp3) is 0.280. The number of thioether (sulfide) groups is 1. The van der Waals surface area contributed by atoms with E-state index in [0.29, 0.717) is 23.9 Å². The minimum atomic E-state index is -0.388. The van der Waals surface area contributed by atoms with Crippen molar-refractivity contribution >= 4 is 29.0 Å². The van der Waals surface area contributed by atoms with E-state index in [2.05, 4.69) is 15.5 Å². The number of nitrogens with one attached hydrogen (secondary N) is 1. The van der Waals surface area contributed by atoms with Crippen LogP contribution < -0.4 is 15.6 Å². The first-order valence-electron chi connectivity index (χ1n) is 11.2. The molecule has 0 spiro atoms. The third kappa shape index (κ3) is 4.84. The molecule has 0 aliphatic carbocycles. The fourth-order valence-corrected chi connectivity index (χ4v) is 4.49. The number of carbonyl (C=O) groups excluding carboxylic acids is 1. The zero-order valence-corrected chi connectivity index (χ0v) is 20.4. The van der Waals surface area contributed by atoms with E-state index < -0.39 is 0 Å².